The predicted octanol–water partition coefficient (Wildman–Crippen LogP) is 4.58. The van der Waals surface area contributed by atoms with E-state index in [-0.39, 0.29) is 11.7 Å². The predicted molar refractivity (Wildman–Crippen MR) is 126 cm³/mol. The van der Waals surface area contributed by atoms with E-state index in [1.807, 2.05) is 25.1 Å². The number of nitrogens with zero attached hydrogens (tertiary/aromatic N) is 4. The average molecular weight is 461 g/mol. The van der Waals surface area contributed by atoms with Gasteiger partial charge in [0, 0.05) is 29.1 Å². The topological polar surface area (TPSA) is 114 Å². The molecule has 0 bridgehead atoms. The Morgan fingerprint density at radius 3 is 2.94 bits per heavy atom. The fourth-order valence-corrected chi connectivity index (χ4v) is 4.72. The van der Waals surface area contributed by atoms with Crippen LogP contribution in [-0.4, -0.2) is 43.6 Å². The lowest BCUT2D eigenvalue weighted by Gasteiger charge is -2.10. The number of Topliss-reactive ketones (excluding diaryl/α,β-unsaturated/α-hetero) is 1. The minimum atomic E-state index is -0.352. The van der Waals surface area contributed by atoms with E-state index in [9.17, 15) is 9.59 Å². The molecule has 166 valence electrons. The van der Waals surface area contributed by atoms with Gasteiger partial charge in [-0.15, -0.1) is 11.3 Å². The molecule has 0 radical (unpaired) electrons. The number of ether oxygens (including phenoxy) is 1. The summed E-state index contributed by atoms with van der Waals surface area (Å²) in [5, 5.41) is 15.1. The third-order valence-corrected chi connectivity index (χ3v) is 6.41. The number of hydrogen-bond acceptors (Lipinski definition) is 7. The van der Waals surface area contributed by atoms with Gasteiger partial charge >= 0.3 is 0 Å². The summed E-state index contributed by atoms with van der Waals surface area (Å²) in [6, 6.07) is 7.48. The van der Waals surface area contributed by atoms with Crippen LogP contribution in [-0.2, 0) is 0 Å². The zero-order valence-electron chi connectivity index (χ0n) is 18.0. The average Bonchev–Trinajstić information content (AvgIpc) is 3.55. The van der Waals surface area contributed by atoms with E-state index in [1.165, 1.54) is 22.0 Å². The Kier molecular flexibility index (Phi) is 5.35. The molecule has 1 aromatic carbocycles. The first-order chi connectivity index (χ1) is 16.1. The molecule has 10 heteroatoms. The van der Waals surface area contributed by atoms with Gasteiger partial charge in [0.2, 0.25) is 0 Å². The third kappa shape index (κ3) is 3.74. The van der Waals surface area contributed by atoms with Crippen molar-refractivity contribution in [3.63, 3.8) is 0 Å². The van der Waals surface area contributed by atoms with Crippen molar-refractivity contribution >= 4 is 44.4 Å². The third-order valence-electron chi connectivity index (χ3n) is 5.27. The molecule has 4 heterocycles. The Morgan fingerprint density at radius 2 is 2.12 bits per heavy atom. The lowest BCUT2D eigenvalue weighted by Crippen LogP contribution is -2.12. The van der Waals surface area contributed by atoms with Gasteiger partial charge in [0.05, 0.1) is 35.8 Å². The number of hydrogen-bond donors (Lipinski definition) is 2. The number of thiophene rings is 1. The lowest BCUT2D eigenvalue weighted by atomic mass is 10.1. The maximum absolute atomic E-state index is 13.0. The molecule has 1 amide bonds. The molecule has 0 aliphatic carbocycles. The summed E-state index contributed by atoms with van der Waals surface area (Å²) in [4.78, 5) is 30.3. The fourth-order valence-electron chi connectivity index (χ4n) is 3.68. The molecular formula is C23H20N6O3S. The molecule has 33 heavy (non-hydrogen) atoms. The molecule has 4 aromatic heterocycles. The van der Waals surface area contributed by atoms with E-state index in [0.717, 1.165) is 26.9 Å². The Hall–Kier alpha value is -4.05. The molecule has 0 fully saturated rings. The first-order valence-electron chi connectivity index (χ1n) is 10.4. The number of nitrogens with one attached hydrogen (secondary N) is 2. The summed E-state index contributed by atoms with van der Waals surface area (Å²) < 4.78 is 8.12. The summed E-state index contributed by atoms with van der Waals surface area (Å²) in [6.07, 6.45) is 7.68. The first-order valence-corrected chi connectivity index (χ1v) is 11.2. The monoisotopic (exact) mass is 460 g/mol. The number of aromatic amines is 1. The van der Waals surface area contributed by atoms with Gasteiger partial charge in [0.1, 0.15) is 11.3 Å². The van der Waals surface area contributed by atoms with Crippen LogP contribution in [0.25, 0.3) is 27.0 Å². The Morgan fingerprint density at radius 1 is 1.24 bits per heavy atom. The minimum Gasteiger partial charge on any atom is -0.496 e. The number of benzene rings is 1. The van der Waals surface area contributed by atoms with E-state index in [0.29, 0.717) is 34.8 Å². The summed E-state index contributed by atoms with van der Waals surface area (Å²) >= 11 is 1.45. The molecule has 2 N–H and O–H groups in total. The van der Waals surface area contributed by atoms with Crippen LogP contribution in [0.2, 0.25) is 0 Å². The molecular weight excluding hydrogens is 440 g/mol. The Balaban J connectivity index is 1.51. The lowest BCUT2D eigenvalue weighted by molar-refractivity contribution is 0.0984. The Labute approximate surface area is 192 Å². The number of aromatic nitrogens is 5. The van der Waals surface area contributed by atoms with Crippen LogP contribution >= 0.6 is 11.3 Å². The largest absolute Gasteiger partial charge is 0.496 e. The summed E-state index contributed by atoms with van der Waals surface area (Å²) in [5.74, 6) is 0.390. The SMILES string of the molecule is CCCC(=O)c1cc2cc(-c3[nH]ncc3NC(=O)c3cnn4cccnc34)c(OC)cc2s1. The number of carbonyl (C=O) groups excluding carboxylic acids is 2. The van der Waals surface area contributed by atoms with Crippen LogP contribution < -0.4 is 10.1 Å². The molecule has 0 saturated carbocycles. The number of rotatable bonds is 7. The van der Waals surface area contributed by atoms with Crippen molar-refractivity contribution in [2.24, 2.45) is 0 Å². The van der Waals surface area contributed by atoms with Gasteiger partial charge < -0.3 is 10.1 Å². The molecule has 0 atom stereocenters. The highest BCUT2D eigenvalue weighted by Gasteiger charge is 2.20. The number of fused-ring (bicyclic) bond motifs is 2. The maximum atomic E-state index is 13.0. The van der Waals surface area contributed by atoms with Crippen molar-refractivity contribution in [3.8, 4) is 17.0 Å². The number of H-pyrrole nitrogens is 1. The number of ketones is 1. The summed E-state index contributed by atoms with van der Waals surface area (Å²) in [5.41, 5.74) is 2.62. The highest BCUT2D eigenvalue weighted by Crippen LogP contribution is 2.39. The second kappa shape index (κ2) is 8.47. The second-order valence-corrected chi connectivity index (χ2v) is 8.52. The van der Waals surface area contributed by atoms with E-state index in [1.54, 1.807) is 31.8 Å². The van der Waals surface area contributed by atoms with Gasteiger partial charge in [0.15, 0.2) is 11.4 Å². The van der Waals surface area contributed by atoms with Crippen LogP contribution in [0.15, 0.2) is 49.1 Å². The van der Waals surface area contributed by atoms with Crippen LogP contribution in [0, 0.1) is 0 Å². The van der Waals surface area contributed by atoms with Gasteiger partial charge in [-0.3, -0.25) is 14.7 Å². The van der Waals surface area contributed by atoms with E-state index in [2.05, 4.69) is 25.6 Å². The smallest absolute Gasteiger partial charge is 0.261 e. The van der Waals surface area contributed by atoms with Crippen LogP contribution in [0.5, 0.6) is 5.75 Å². The molecule has 0 aliphatic heterocycles. The minimum absolute atomic E-state index is 0.135. The highest BCUT2D eigenvalue weighted by atomic mass is 32.1. The van der Waals surface area contributed by atoms with Gasteiger partial charge in [-0.2, -0.15) is 10.2 Å². The number of amides is 1. The molecule has 5 aromatic rings. The normalized spacial score (nSPS) is 11.2. The Bertz CT molecular complexity index is 1500. The van der Waals surface area contributed by atoms with Gasteiger partial charge in [0.25, 0.3) is 5.91 Å². The van der Waals surface area contributed by atoms with Crippen molar-refractivity contribution in [2.45, 2.75) is 19.8 Å². The van der Waals surface area contributed by atoms with Crippen molar-refractivity contribution in [1.82, 2.24) is 24.8 Å². The quantitative estimate of drug-likeness (QED) is 0.344. The maximum Gasteiger partial charge on any atom is 0.261 e. The second-order valence-electron chi connectivity index (χ2n) is 7.43. The highest BCUT2D eigenvalue weighted by molar-refractivity contribution is 7.20. The molecule has 5 rings (SSSR count). The van der Waals surface area contributed by atoms with Gasteiger partial charge in [-0.05, 0) is 36.1 Å². The van der Waals surface area contributed by atoms with E-state index >= 15 is 0 Å². The molecule has 0 spiro atoms. The van der Waals surface area contributed by atoms with Crippen LogP contribution in [0.4, 0.5) is 5.69 Å². The zero-order valence-corrected chi connectivity index (χ0v) is 18.8. The van der Waals surface area contributed by atoms with Gasteiger partial charge in [-0.25, -0.2) is 9.50 Å². The van der Waals surface area contributed by atoms with Crippen LogP contribution in [0.1, 0.15) is 39.8 Å². The standard InChI is InChI=1S/C23H20N6O3S/c1-3-5-17(30)20-9-13-8-14(18(32-2)10-19(13)33-20)21-16(12-25-28-21)27-23(31)15-11-26-29-7-4-6-24-22(15)29/h4,6-12H,3,5H2,1-2H3,(H,25,28)(H,27,31). The molecule has 0 saturated heterocycles. The van der Waals surface area contributed by atoms with Gasteiger partial charge in [-0.1, -0.05) is 6.92 Å². The molecule has 0 aliphatic rings. The number of methoxy groups -OCH3 is 1. The zero-order chi connectivity index (χ0) is 22.9. The van der Waals surface area contributed by atoms with Crippen molar-refractivity contribution in [3.05, 3.63) is 59.5 Å². The summed E-state index contributed by atoms with van der Waals surface area (Å²) in [6.45, 7) is 1.99. The van der Waals surface area contributed by atoms with Crippen molar-refractivity contribution in [2.75, 3.05) is 12.4 Å². The summed E-state index contributed by atoms with van der Waals surface area (Å²) in [7, 11) is 1.58. The fraction of sp³-hybridized carbons (Fsp3) is 0.174. The van der Waals surface area contributed by atoms with Crippen LogP contribution in [0.3, 0.4) is 0 Å². The van der Waals surface area contributed by atoms with Crippen molar-refractivity contribution in [1.29, 1.82) is 0 Å². The number of carbonyl (C=O) groups is 2. The molecule has 9 nitrogen and oxygen atoms in total. The van der Waals surface area contributed by atoms with E-state index < -0.39 is 0 Å². The van der Waals surface area contributed by atoms with E-state index in [4.69, 9.17) is 4.74 Å². The first kappa shape index (κ1) is 20.8. The molecule has 0 unspecified atom stereocenters. The van der Waals surface area contributed by atoms with Crippen molar-refractivity contribution < 1.29 is 14.3 Å². The number of anilines is 1.